The highest BCUT2D eigenvalue weighted by Gasteiger charge is 2.50. The Balaban J connectivity index is 1.42. The quantitative estimate of drug-likeness (QED) is 0.168. The zero-order valence-electron chi connectivity index (χ0n) is 28.5. The third kappa shape index (κ3) is 5.52. The molecule has 4 N–H and O–H groups in total. The molecule has 53 heavy (non-hydrogen) atoms. The Bertz CT molecular complexity index is 2360. The van der Waals surface area contributed by atoms with Crippen molar-refractivity contribution in [2.24, 2.45) is 0 Å². The van der Waals surface area contributed by atoms with Gasteiger partial charge >= 0.3 is 12.2 Å². The van der Waals surface area contributed by atoms with E-state index in [9.17, 15) is 9.65 Å². The van der Waals surface area contributed by atoms with Crippen LogP contribution in [0.2, 0.25) is 0 Å². The summed E-state index contributed by atoms with van der Waals surface area (Å²) in [4.78, 5) is 16.9. The number of nitrogens with two attached hydrogens (primary N) is 2. The van der Waals surface area contributed by atoms with Crippen LogP contribution < -0.4 is 25.8 Å². The lowest BCUT2D eigenvalue weighted by molar-refractivity contribution is -0.138. The number of hydrogen-bond donors (Lipinski definition) is 2. The number of rotatable bonds is 6. The molecule has 0 radical (unpaired) electrons. The molecule has 0 spiro atoms. The fourth-order valence-electron chi connectivity index (χ4n) is 8.19. The predicted molar refractivity (Wildman–Crippen MR) is 188 cm³/mol. The number of pyridine rings is 1. The fourth-order valence-corrected chi connectivity index (χ4v) is 9.14. The van der Waals surface area contributed by atoms with Crippen LogP contribution in [0.15, 0.2) is 24.4 Å². The Morgan fingerprint density at radius 1 is 1.19 bits per heavy atom. The Kier molecular flexibility index (Phi) is 8.26. The smallest absolute Gasteiger partial charge is 0.420 e. The molecule has 5 aromatic rings. The molecule has 3 aliphatic heterocycles. The van der Waals surface area contributed by atoms with Gasteiger partial charge in [-0.2, -0.15) is 28.4 Å². The van der Waals surface area contributed by atoms with Crippen molar-refractivity contribution in [1.82, 2.24) is 19.9 Å². The third-order valence-electron chi connectivity index (χ3n) is 10.6. The number of anilines is 3. The summed E-state index contributed by atoms with van der Waals surface area (Å²) in [5.74, 6) is -2.95. The SMILES string of the molecule is Cc1cnc(N)c([C@@H](C)N2CCOc3c(C(F)(F)F)c(-c4ccc(F)c5sc(N)c(C#N)c45)c(F)c4nc(OC[C@@]56CCCN5C[C@H](F)C6)nc2c34)c1. The van der Waals surface area contributed by atoms with Crippen molar-refractivity contribution in [2.45, 2.75) is 57.0 Å². The van der Waals surface area contributed by atoms with Gasteiger partial charge in [-0.25, -0.2) is 18.2 Å². The number of halogens is 6. The summed E-state index contributed by atoms with van der Waals surface area (Å²) in [7, 11) is 0. The molecule has 2 aromatic carbocycles. The normalized spacial score (nSPS) is 20.7. The second-order valence-corrected chi connectivity index (χ2v) is 14.8. The van der Waals surface area contributed by atoms with Gasteiger partial charge in [0.15, 0.2) is 5.82 Å². The number of nitrogens with zero attached hydrogens (tertiary/aromatic N) is 6. The molecule has 0 amide bonds. The number of nitriles is 1. The van der Waals surface area contributed by atoms with Crippen LogP contribution in [0.4, 0.5) is 43.0 Å². The number of hydrogen-bond acceptors (Lipinski definition) is 11. The van der Waals surface area contributed by atoms with Gasteiger partial charge in [-0.1, -0.05) is 6.07 Å². The number of fused-ring (bicyclic) bond motifs is 2. The standard InChI is InChI=1S/C36H32F6N8O2S/c1-16-10-20(31(44)46-13-16)17(2)50-8-9-51-29-25-28(47-34(48-33(25)50)52-15-35-6-3-7-49(35)14-18(37)11-35)27(39)24(26(29)36(40,41)42)19-4-5-22(38)30-23(19)21(12-43)32(45)53-30/h4-5,10,13,17-18H,3,6-9,11,14-15,45H2,1-2H3,(H2,44,46)/t17-,18-,35+/m1/s1. The van der Waals surface area contributed by atoms with Crippen molar-refractivity contribution in [3.8, 4) is 29.0 Å². The van der Waals surface area contributed by atoms with E-state index in [4.69, 9.17) is 20.9 Å². The number of thiophene rings is 1. The van der Waals surface area contributed by atoms with Crippen LogP contribution in [0.3, 0.4) is 0 Å². The maximum atomic E-state index is 17.4. The molecule has 0 saturated carbocycles. The van der Waals surface area contributed by atoms with Crippen LogP contribution in [0.5, 0.6) is 11.8 Å². The van der Waals surface area contributed by atoms with Gasteiger partial charge in [-0.15, -0.1) is 11.3 Å². The van der Waals surface area contributed by atoms with Gasteiger partial charge in [0, 0.05) is 35.7 Å². The van der Waals surface area contributed by atoms with Gasteiger partial charge in [0.05, 0.1) is 33.8 Å². The van der Waals surface area contributed by atoms with Gasteiger partial charge in [0.2, 0.25) is 0 Å². The number of benzene rings is 2. The number of ether oxygens (including phenoxy) is 2. The van der Waals surface area contributed by atoms with Crippen LogP contribution in [0.25, 0.3) is 32.1 Å². The topological polar surface area (TPSA) is 139 Å². The number of aromatic nitrogens is 3. The van der Waals surface area contributed by atoms with Crippen molar-refractivity contribution in [3.63, 3.8) is 0 Å². The van der Waals surface area contributed by atoms with Crippen LogP contribution in [0.1, 0.15) is 54.5 Å². The van der Waals surface area contributed by atoms with E-state index in [-0.39, 0.29) is 76.4 Å². The Hall–Kier alpha value is -5.08. The largest absolute Gasteiger partial charge is 0.490 e. The first kappa shape index (κ1) is 35.0. The molecule has 2 fully saturated rings. The molecular weight excluding hydrogens is 723 g/mol. The Morgan fingerprint density at radius 3 is 2.74 bits per heavy atom. The summed E-state index contributed by atoms with van der Waals surface area (Å²) < 4.78 is 105. The summed E-state index contributed by atoms with van der Waals surface area (Å²) >= 11 is 0.667. The Labute approximate surface area is 302 Å². The lowest BCUT2D eigenvalue weighted by Gasteiger charge is -2.32. The minimum atomic E-state index is -5.23. The van der Waals surface area contributed by atoms with E-state index in [1.807, 2.05) is 17.9 Å². The van der Waals surface area contributed by atoms with E-state index in [2.05, 4.69) is 15.0 Å². The molecule has 17 heteroatoms. The zero-order chi connectivity index (χ0) is 37.6. The van der Waals surface area contributed by atoms with Crippen LogP contribution in [0, 0.1) is 29.9 Å². The first-order valence-corrected chi connectivity index (χ1v) is 17.7. The molecule has 0 aliphatic carbocycles. The summed E-state index contributed by atoms with van der Waals surface area (Å²) in [6.45, 7) is 4.12. The van der Waals surface area contributed by atoms with Crippen LogP contribution in [-0.4, -0.2) is 64.4 Å². The average molecular weight is 755 g/mol. The van der Waals surface area contributed by atoms with Gasteiger partial charge in [-0.3, -0.25) is 4.90 Å². The highest BCUT2D eigenvalue weighted by atomic mass is 32.1. The van der Waals surface area contributed by atoms with Crippen molar-refractivity contribution in [2.75, 3.05) is 49.2 Å². The maximum absolute atomic E-state index is 17.4. The third-order valence-corrected chi connectivity index (χ3v) is 11.6. The number of alkyl halides is 4. The number of nitrogen functional groups attached to an aromatic ring is 2. The van der Waals surface area contributed by atoms with Crippen molar-refractivity contribution in [1.29, 1.82) is 5.26 Å². The highest BCUT2D eigenvalue weighted by molar-refractivity contribution is 7.23. The average Bonchev–Trinajstić information content (AvgIpc) is 3.71. The fraction of sp³-hybridized carbons (Fsp3) is 0.389. The zero-order valence-corrected chi connectivity index (χ0v) is 29.3. The van der Waals surface area contributed by atoms with Crippen LogP contribution in [-0.2, 0) is 6.18 Å². The molecule has 8 rings (SSSR count). The summed E-state index contributed by atoms with van der Waals surface area (Å²) in [5, 5.41) is 9.14. The number of aryl methyl sites for hydroxylation is 1. The minimum absolute atomic E-state index is 0.0231. The van der Waals surface area contributed by atoms with Crippen molar-refractivity contribution >= 4 is 49.0 Å². The van der Waals surface area contributed by atoms with Crippen LogP contribution >= 0.6 is 11.3 Å². The van der Waals surface area contributed by atoms with E-state index in [0.29, 0.717) is 29.9 Å². The first-order chi connectivity index (χ1) is 25.2. The second-order valence-electron chi connectivity index (χ2n) is 13.8. The summed E-state index contributed by atoms with van der Waals surface area (Å²) in [6, 6.07) is 4.50. The van der Waals surface area contributed by atoms with E-state index >= 15 is 22.0 Å². The molecule has 2 saturated heterocycles. The molecule has 276 valence electrons. The molecular formula is C36H32F6N8O2S. The second kappa shape index (κ2) is 12.5. The molecule has 0 unspecified atom stereocenters. The highest BCUT2D eigenvalue weighted by Crippen LogP contribution is 2.54. The van der Waals surface area contributed by atoms with Gasteiger partial charge in [0.1, 0.15) is 64.7 Å². The summed E-state index contributed by atoms with van der Waals surface area (Å²) in [6.07, 6.45) is -3.04. The van der Waals surface area contributed by atoms with E-state index in [0.717, 1.165) is 24.1 Å². The molecule has 10 nitrogen and oxygen atoms in total. The summed E-state index contributed by atoms with van der Waals surface area (Å²) in [5.41, 5.74) is 9.19. The van der Waals surface area contributed by atoms with Crippen molar-refractivity contribution in [3.05, 3.63) is 58.3 Å². The van der Waals surface area contributed by atoms with E-state index in [1.165, 1.54) is 0 Å². The lowest BCUT2D eigenvalue weighted by atomic mass is 9.91. The first-order valence-electron chi connectivity index (χ1n) is 16.9. The molecule has 3 aliphatic rings. The van der Waals surface area contributed by atoms with E-state index in [1.54, 1.807) is 24.1 Å². The van der Waals surface area contributed by atoms with Crippen molar-refractivity contribution < 1.29 is 35.8 Å². The molecule has 3 atom stereocenters. The van der Waals surface area contributed by atoms with Gasteiger partial charge in [0.25, 0.3) is 0 Å². The monoisotopic (exact) mass is 754 g/mol. The maximum Gasteiger partial charge on any atom is 0.420 e. The molecule has 6 heterocycles. The lowest BCUT2D eigenvalue weighted by Crippen LogP contribution is -2.43. The van der Waals surface area contributed by atoms with Gasteiger partial charge < -0.3 is 25.8 Å². The van der Waals surface area contributed by atoms with E-state index < -0.39 is 63.5 Å². The molecule has 0 bridgehead atoms. The minimum Gasteiger partial charge on any atom is -0.490 e. The molecule has 3 aromatic heterocycles. The Morgan fingerprint density at radius 2 is 1.98 bits per heavy atom. The van der Waals surface area contributed by atoms with Gasteiger partial charge in [-0.05, 0) is 56.5 Å². The predicted octanol–water partition coefficient (Wildman–Crippen LogP) is 7.46.